The molecule has 0 fully saturated rings. The average Bonchev–Trinajstić information content (AvgIpc) is 2.46. The van der Waals surface area contributed by atoms with Crippen molar-refractivity contribution in [1.82, 2.24) is 9.55 Å². The topological polar surface area (TPSA) is 34.9 Å². The van der Waals surface area contributed by atoms with Crippen molar-refractivity contribution in [2.24, 2.45) is 0 Å². The van der Waals surface area contributed by atoms with Gasteiger partial charge in [0.2, 0.25) is 0 Å². The van der Waals surface area contributed by atoms with E-state index in [2.05, 4.69) is 4.98 Å². The molecule has 2 aromatic carbocycles. The van der Waals surface area contributed by atoms with E-state index in [1.807, 2.05) is 32.0 Å². The van der Waals surface area contributed by atoms with Crippen molar-refractivity contribution in [2.45, 2.75) is 20.4 Å². The summed E-state index contributed by atoms with van der Waals surface area (Å²) in [4.78, 5) is 17.1. The van der Waals surface area contributed by atoms with E-state index in [-0.39, 0.29) is 11.4 Å². The third kappa shape index (κ3) is 2.57. The number of aryl methyl sites for hydroxylation is 2. The van der Waals surface area contributed by atoms with Crippen molar-refractivity contribution >= 4 is 10.9 Å². The average molecular weight is 282 g/mol. The molecule has 0 aliphatic rings. The highest BCUT2D eigenvalue weighted by atomic mass is 19.1. The summed E-state index contributed by atoms with van der Waals surface area (Å²) in [5.74, 6) is 0.371. The van der Waals surface area contributed by atoms with Gasteiger partial charge in [0, 0.05) is 0 Å². The van der Waals surface area contributed by atoms with Gasteiger partial charge in [0.05, 0.1) is 17.4 Å². The van der Waals surface area contributed by atoms with Gasteiger partial charge in [-0.1, -0.05) is 23.8 Å². The predicted molar refractivity (Wildman–Crippen MR) is 81.0 cm³/mol. The van der Waals surface area contributed by atoms with Crippen molar-refractivity contribution in [1.29, 1.82) is 0 Å². The van der Waals surface area contributed by atoms with E-state index in [9.17, 15) is 9.18 Å². The van der Waals surface area contributed by atoms with E-state index in [1.54, 1.807) is 16.7 Å². The molecule has 0 unspecified atom stereocenters. The maximum absolute atomic E-state index is 13.0. The van der Waals surface area contributed by atoms with Gasteiger partial charge in [0.1, 0.15) is 11.6 Å². The highest BCUT2D eigenvalue weighted by Crippen LogP contribution is 2.12. The fourth-order valence-corrected chi connectivity index (χ4v) is 2.40. The minimum absolute atomic E-state index is 0.0643. The number of rotatable bonds is 2. The quantitative estimate of drug-likeness (QED) is 0.723. The molecule has 1 heterocycles. The number of nitrogens with zero attached hydrogens (tertiary/aromatic N) is 2. The van der Waals surface area contributed by atoms with E-state index >= 15 is 0 Å². The summed E-state index contributed by atoms with van der Waals surface area (Å²) in [6, 6.07) is 11.8. The van der Waals surface area contributed by atoms with E-state index < -0.39 is 0 Å². The molecule has 0 spiro atoms. The molecule has 0 N–H and O–H groups in total. The fourth-order valence-electron chi connectivity index (χ4n) is 2.40. The molecule has 1 aromatic heterocycles. The zero-order valence-electron chi connectivity index (χ0n) is 11.9. The Morgan fingerprint density at radius 3 is 2.52 bits per heavy atom. The number of benzene rings is 2. The van der Waals surface area contributed by atoms with Crippen molar-refractivity contribution < 1.29 is 4.39 Å². The molecule has 0 saturated carbocycles. The molecular weight excluding hydrogens is 267 g/mol. The molecule has 0 saturated heterocycles. The van der Waals surface area contributed by atoms with Crippen LogP contribution in [0.15, 0.2) is 47.3 Å². The van der Waals surface area contributed by atoms with E-state index in [1.165, 1.54) is 12.1 Å². The van der Waals surface area contributed by atoms with Crippen molar-refractivity contribution in [3.05, 3.63) is 75.6 Å². The Hall–Kier alpha value is -2.49. The van der Waals surface area contributed by atoms with Crippen LogP contribution in [-0.2, 0) is 6.54 Å². The van der Waals surface area contributed by atoms with Crippen LogP contribution in [0.4, 0.5) is 4.39 Å². The van der Waals surface area contributed by atoms with Gasteiger partial charge in [-0.2, -0.15) is 0 Å². The Labute approximate surface area is 121 Å². The van der Waals surface area contributed by atoms with Crippen LogP contribution in [0.25, 0.3) is 10.9 Å². The molecule has 0 bridgehead atoms. The van der Waals surface area contributed by atoms with E-state index in [0.717, 1.165) is 11.1 Å². The highest BCUT2D eigenvalue weighted by molar-refractivity contribution is 5.78. The molecule has 21 heavy (non-hydrogen) atoms. The summed E-state index contributed by atoms with van der Waals surface area (Å²) >= 11 is 0. The van der Waals surface area contributed by atoms with Gasteiger partial charge in [-0.05, 0) is 43.7 Å². The lowest BCUT2D eigenvalue weighted by atomic mass is 10.1. The maximum atomic E-state index is 13.0. The van der Waals surface area contributed by atoms with Gasteiger partial charge in [-0.25, -0.2) is 9.37 Å². The van der Waals surface area contributed by atoms with Crippen molar-refractivity contribution in [3.63, 3.8) is 0 Å². The fraction of sp³-hybridized carbons (Fsp3) is 0.176. The number of fused-ring (bicyclic) bond motifs is 1. The van der Waals surface area contributed by atoms with E-state index in [0.29, 0.717) is 23.3 Å². The second-order valence-electron chi connectivity index (χ2n) is 5.20. The van der Waals surface area contributed by atoms with Crippen LogP contribution in [0.5, 0.6) is 0 Å². The zero-order valence-corrected chi connectivity index (χ0v) is 11.9. The normalized spacial score (nSPS) is 11.0. The first-order valence-electron chi connectivity index (χ1n) is 6.77. The molecule has 0 amide bonds. The van der Waals surface area contributed by atoms with Crippen LogP contribution in [-0.4, -0.2) is 9.55 Å². The largest absolute Gasteiger partial charge is 0.292 e. The molecule has 0 aliphatic carbocycles. The van der Waals surface area contributed by atoms with Crippen LogP contribution in [0.2, 0.25) is 0 Å². The second kappa shape index (κ2) is 5.13. The Morgan fingerprint density at radius 2 is 1.81 bits per heavy atom. The van der Waals surface area contributed by atoms with Crippen LogP contribution >= 0.6 is 0 Å². The van der Waals surface area contributed by atoms with Gasteiger partial charge in [-0.3, -0.25) is 9.36 Å². The van der Waals surface area contributed by atoms with Crippen molar-refractivity contribution in [2.75, 3.05) is 0 Å². The number of hydrogen-bond acceptors (Lipinski definition) is 2. The summed E-state index contributed by atoms with van der Waals surface area (Å²) in [5.41, 5.74) is 2.54. The second-order valence-corrected chi connectivity index (χ2v) is 5.20. The lowest BCUT2D eigenvalue weighted by Gasteiger charge is -2.11. The zero-order chi connectivity index (χ0) is 15.0. The SMILES string of the molecule is Cc1ccc2nc(C)n(Cc3ccc(F)cc3)c(=O)c2c1. The van der Waals surface area contributed by atoms with Crippen molar-refractivity contribution in [3.8, 4) is 0 Å². The molecule has 0 aliphatic heterocycles. The molecule has 3 nitrogen and oxygen atoms in total. The minimum atomic E-state index is -0.282. The number of aromatic nitrogens is 2. The number of halogens is 1. The van der Waals surface area contributed by atoms with Crippen LogP contribution in [0.3, 0.4) is 0 Å². The predicted octanol–water partition coefficient (Wildman–Crippen LogP) is 3.20. The van der Waals surface area contributed by atoms with Gasteiger partial charge in [-0.15, -0.1) is 0 Å². The van der Waals surface area contributed by atoms with Crippen LogP contribution in [0.1, 0.15) is 17.0 Å². The lowest BCUT2D eigenvalue weighted by Crippen LogP contribution is -2.24. The summed E-state index contributed by atoms with van der Waals surface area (Å²) in [6.07, 6.45) is 0. The molecular formula is C17H15FN2O. The smallest absolute Gasteiger partial charge is 0.261 e. The molecule has 3 aromatic rings. The lowest BCUT2D eigenvalue weighted by molar-refractivity contribution is 0.625. The van der Waals surface area contributed by atoms with Gasteiger partial charge < -0.3 is 0 Å². The molecule has 4 heteroatoms. The standard InChI is InChI=1S/C17H15FN2O/c1-11-3-8-16-15(9-11)17(21)20(12(2)19-16)10-13-4-6-14(18)7-5-13/h3-9H,10H2,1-2H3. The Kier molecular flexibility index (Phi) is 3.29. The highest BCUT2D eigenvalue weighted by Gasteiger charge is 2.08. The van der Waals surface area contributed by atoms with Crippen LogP contribution in [0, 0.1) is 19.7 Å². The monoisotopic (exact) mass is 282 g/mol. The van der Waals surface area contributed by atoms with Crippen LogP contribution < -0.4 is 5.56 Å². The van der Waals surface area contributed by atoms with Gasteiger partial charge >= 0.3 is 0 Å². The first-order chi connectivity index (χ1) is 10.0. The summed E-state index contributed by atoms with van der Waals surface area (Å²) in [5, 5.41) is 0.614. The van der Waals surface area contributed by atoms with Gasteiger partial charge in [0.15, 0.2) is 0 Å². The maximum Gasteiger partial charge on any atom is 0.261 e. The summed E-state index contributed by atoms with van der Waals surface area (Å²) in [6.45, 7) is 4.15. The Balaban J connectivity index is 2.13. The first-order valence-corrected chi connectivity index (χ1v) is 6.77. The molecule has 3 rings (SSSR count). The minimum Gasteiger partial charge on any atom is -0.292 e. The van der Waals surface area contributed by atoms with Gasteiger partial charge in [0.25, 0.3) is 5.56 Å². The Bertz CT molecular complexity index is 866. The summed E-state index contributed by atoms with van der Waals surface area (Å²) < 4.78 is 14.6. The molecule has 0 radical (unpaired) electrons. The first kappa shape index (κ1) is 13.5. The Morgan fingerprint density at radius 1 is 1.10 bits per heavy atom. The third-order valence-electron chi connectivity index (χ3n) is 3.55. The third-order valence-corrected chi connectivity index (χ3v) is 3.55. The summed E-state index contributed by atoms with van der Waals surface area (Å²) in [7, 11) is 0. The molecule has 106 valence electrons. The van der Waals surface area contributed by atoms with E-state index in [4.69, 9.17) is 0 Å². The number of hydrogen-bond donors (Lipinski definition) is 0. The molecule has 0 atom stereocenters.